The lowest BCUT2D eigenvalue weighted by molar-refractivity contribution is -0.105. The number of rotatable bonds is 6. The van der Waals surface area contributed by atoms with Crippen LogP contribution in [0.1, 0.15) is 36.5 Å². The molecule has 0 aliphatic heterocycles. The summed E-state index contributed by atoms with van der Waals surface area (Å²) < 4.78 is 0. The van der Waals surface area contributed by atoms with Gasteiger partial charge in [-0.15, -0.1) is 11.3 Å². The third-order valence-corrected chi connectivity index (χ3v) is 5.77. The molecule has 0 unspecified atom stereocenters. The van der Waals surface area contributed by atoms with Gasteiger partial charge in [0, 0.05) is 33.9 Å². The number of carbonyl (C=O) groups excluding carboxylic acids is 1. The number of hydrogen-bond acceptors (Lipinski definition) is 3. The Kier molecular flexibility index (Phi) is 5.97. The summed E-state index contributed by atoms with van der Waals surface area (Å²) in [5.74, 6) is 0.317. The Morgan fingerprint density at radius 2 is 1.88 bits per heavy atom. The molecule has 2 aromatic carbocycles. The summed E-state index contributed by atoms with van der Waals surface area (Å²) >= 11 is 14.4. The first kappa shape index (κ1) is 18.9. The number of aromatic nitrogens is 1. The van der Waals surface area contributed by atoms with Gasteiger partial charge < -0.3 is 5.32 Å². The molecule has 3 aromatic rings. The van der Waals surface area contributed by atoms with Crippen LogP contribution < -0.4 is 5.32 Å². The van der Waals surface area contributed by atoms with Gasteiger partial charge in [0.1, 0.15) is 0 Å². The largest absolute Gasteiger partial charge is 0.328 e. The van der Waals surface area contributed by atoms with Gasteiger partial charge in [-0.2, -0.15) is 0 Å². The van der Waals surface area contributed by atoms with Crippen molar-refractivity contribution in [3.8, 4) is 10.4 Å². The van der Waals surface area contributed by atoms with E-state index in [0.717, 1.165) is 27.3 Å². The molecule has 1 amide bonds. The van der Waals surface area contributed by atoms with Gasteiger partial charge >= 0.3 is 0 Å². The van der Waals surface area contributed by atoms with Crippen molar-refractivity contribution in [1.29, 1.82) is 0 Å². The maximum absolute atomic E-state index is 11.2. The Bertz CT molecular complexity index is 904. The van der Waals surface area contributed by atoms with Gasteiger partial charge in [0.2, 0.25) is 6.41 Å². The second-order valence-corrected chi connectivity index (χ2v) is 7.92. The SMILES string of the molecule is CC(C)c1ccc(NC=O)c(Cc2c(Cl)cccc2Cl)c1-c1cncs1. The Hall–Kier alpha value is -1.88. The molecule has 0 atom stereocenters. The fourth-order valence-corrected chi connectivity index (χ4v) is 4.28. The zero-order valence-corrected chi connectivity index (χ0v) is 16.8. The number of halogens is 2. The van der Waals surface area contributed by atoms with Crippen molar-refractivity contribution in [2.75, 3.05) is 5.32 Å². The van der Waals surface area contributed by atoms with Crippen molar-refractivity contribution in [2.45, 2.75) is 26.2 Å². The molecule has 3 nitrogen and oxygen atoms in total. The smallest absolute Gasteiger partial charge is 0.211 e. The van der Waals surface area contributed by atoms with Crippen LogP contribution in [-0.4, -0.2) is 11.4 Å². The summed E-state index contributed by atoms with van der Waals surface area (Å²) in [6.45, 7) is 4.30. The molecular formula is C20H18Cl2N2OS. The molecule has 26 heavy (non-hydrogen) atoms. The van der Waals surface area contributed by atoms with Crippen LogP contribution in [0.3, 0.4) is 0 Å². The predicted octanol–water partition coefficient (Wildman–Crippen LogP) is 6.40. The van der Waals surface area contributed by atoms with Gasteiger partial charge in [-0.1, -0.05) is 49.2 Å². The Morgan fingerprint density at radius 1 is 1.15 bits per heavy atom. The molecule has 0 fully saturated rings. The molecular weight excluding hydrogens is 387 g/mol. The van der Waals surface area contributed by atoms with Crippen molar-refractivity contribution in [3.63, 3.8) is 0 Å². The number of anilines is 1. The first-order chi connectivity index (χ1) is 12.5. The van der Waals surface area contributed by atoms with Crippen molar-refractivity contribution in [1.82, 2.24) is 4.98 Å². The Morgan fingerprint density at radius 3 is 2.46 bits per heavy atom. The fourth-order valence-electron chi connectivity index (χ4n) is 3.04. The van der Waals surface area contributed by atoms with Crippen molar-refractivity contribution in [2.24, 2.45) is 0 Å². The fraction of sp³-hybridized carbons (Fsp3) is 0.200. The molecule has 0 aliphatic carbocycles. The molecule has 134 valence electrons. The van der Waals surface area contributed by atoms with E-state index in [1.165, 1.54) is 5.56 Å². The van der Waals surface area contributed by atoms with Crippen LogP contribution in [0.4, 0.5) is 5.69 Å². The highest BCUT2D eigenvalue weighted by atomic mass is 35.5. The van der Waals surface area contributed by atoms with Crippen LogP contribution in [0.5, 0.6) is 0 Å². The molecule has 0 saturated carbocycles. The molecule has 0 aliphatic rings. The summed E-state index contributed by atoms with van der Waals surface area (Å²) in [5, 5.41) is 4.04. The van der Waals surface area contributed by atoms with E-state index in [1.54, 1.807) is 11.3 Å². The first-order valence-electron chi connectivity index (χ1n) is 8.20. The van der Waals surface area contributed by atoms with E-state index in [0.29, 0.717) is 28.8 Å². The molecule has 0 radical (unpaired) electrons. The topological polar surface area (TPSA) is 42.0 Å². The van der Waals surface area contributed by atoms with Crippen LogP contribution in [0.25, 0.3) is 10.4 Å². The van der Waals surface area contributed by atoms with E-state index in [4.69, 9.17) is 23.2 Å². The molecule has 1 N–H and O–H groups in total. The van der Waals surface area contributed by atoms with Gasteiger partial charge in [-0.25, -0.2) is 0 Å². The highest BCUT2D eigenvalue weighted by Crippen LogP contribution is 2.40. The summed E-state index contributed by atoms with van der Waals surface area (Å²) in [6.07, 6.45) is 3.06. The second-order valence-electron chi connectivity index (χ2n) is 6.22. The number of nitrogens with zero attached hydrogens (tertiary/aromatic N) is 1. The Balaban J connectivity index is 2.26. The maximum Gasteiger partial charge on any atom is 0.211 e. The molecule has 6 heteroatoms. The van der Waals surface area contributed by atoms with Crippen molar-refractivity contribution in [3.05, 3.63) is 68.8 Å². The molecule has 3 rings (SSSR count). The first-order valence-corrected chi connectivity index (χ1v) is 9.84. The van der Waals surface area contributed by atoms with Crippen molar-refractivity contribution < 1.29 is 4.79 Å². The van der Waals surface area contributed by atoms with Gasteiger partial charge in [0.25, 0.3) is 0 Å². The normalized spacial score (nSPS) is 11.0. The van der Waals surface area contributed by atoms with Gasteiger partial charge in [0.15, 0.2) is 0 Å². The minimum atomic E-state index is 0.317. The summed E-state index contributed by atoms with van der Waals surface area (Å²) in [6, 6.07) is 9.48. The lowest BCUT2D eigenvalue weighted by atomic mass is 9.88. The lowest BCUT2D eigenvalue weighted by Gasteiger charge is -2.20. The van der Waals surface area contributed by atoms with Crippen molar-refractivity contribution >= 4 is 46.6 Å². The van der Waals surface area contributed by atoms with E-state index in [2.05, 4.69) is 30.2 Å². The van der Waals surface area contributed by atoms with Gasteiger partial charge in [-0.3, -0.25) is 9.78 Å². The summed E-state index contributed by atoms with van der Waals surface area (Å²) in [4.78, 5) is 16.4. The standard InChI is InChI=1S/C20H18Cl2N2OS/c1-12(2)13-6-7-18(24-10-25)15(20(13)19-9-23-11-26-19)8-14-16(21)4-3-5-17(14)22/h3-7,9-12H,8H2,1-2H3,(H,24,25). The maximum atomic E-state index is 11.2. The van der Waals surface area contributed by atoms with Crippen LogP contribution in [-0.2, 0) is 11.2 Å². The zero-order valence-electron chi connectivity index (χ0n) is 14.4. The minimum absolute atomic E-state index is 0.317. The van der Waals surface area contributed by atoms with E-state index < -0.39 is 0 Å². The molecule has 0 saturated heterocycles. The quantitative estimate of drug-likeness (QED) is 0.482. The number of benzene rings is 2. The highest BCUT2D eigenvalue weighted by Gasteiger charge is 2.20. The van der Waals surface area contributed by atoms with E-state index in [9.17, 15) is 4.79 Å². The minimum Gasteiger partial charge on any atom is -0.328 e. The highest BCUT2D eigenvalue weighted by molar-refractivity contribution is 7.13. The number of carbonyl (C=O) groups is 1. The van der Waals surface area contributed by atoms with E-state index in [-0.39, 0.29) is 0 Å². The van der Waals surface area contributed by atoms with Crippen LogP contribution in [0, 0.1) is 0 Å². The third kappa shape index (κ3) is 3.78. The number of hydrogen-bond donors (Lipinski definition) is 1. The van der Waals surface area contributed by atoms with Crippen LogP contribution in [0.2, 0.25) is 10.0 Å². The number of amides is 1. The average molecular weight is 405 g/mol. The van der Waals surface area contributed by atoms with E-state index in [1.807, 2.05) is 36.0 Å². The summed E-state index contributed by atoms with van der Waals surface area (Å²) in [7, 11) is 0. The van der Waals surface area contributed by atoms with Crippen LogP contribution >= 0.6 is 34.5 Å². The Labute approximate surface area is 167 Å². The third-order valence-electron chi connectivity index (χ3n) is 4.28. The van der Waals surface area contributed by atoms with Gasteiger partial charge in [0.05, 0.1) is 10.4 Å². The average Bonchev–Trinajstić information content (AvgIpc) is 3.13. The molecule has 0 spiro atoms. The molecule has 1 heterocycles. The zero-order chi connectivity index (χ0) is 18.7. The van der Waals surface area contributed by atoms with Gasteiger partial charge in [-0.05, 0) is 40.8 Å². The predicted molar refractivity (Wildman–Crippen MR) is 111 cm³/mol. The molecule has 1 aromatic heterocycles. The molecule has 0 bridgehead atoms. The summed E-state index contributed by atoms with van der Waals surface area (Å²) in [5.41, 5.74) is 6.68. The monoisotopic (exact) mass is 404 g/mol. The van der Waals surface area contributed by atoms with Crippen LogP contribution in [0.15, 0.2) is 42.0 Å². The number of nitrogens with one attached hydrogen (secondary N) is 1. The van der Waals surface area contributed by atoms with E-state index >= 15 is 0 Å². The number of thiazole rings is 1. The lowest BCUT2D eigenvalue weighted by Crippen LogP contribution is -2.05. The second kappa shape index (κ2) is 8.21.